The maximum absolute atomic E-state index is 11.3. The summed E-state index contributed by atoms with van der Waals surface area (Å²) in [5.74, 6) is 0. The molecule has 2 aliphatic rings. The Morgan fingerprint density at radius 1 is 1.24 bits per heavy atom. The quantitative estimate of drug-likeness (QED) is 0.868. The number of hydrogen-bond donors (Lipinski definition) is 1. The van der Waals surface area contributed by atoms with Crippen LogP contribution in [0.4, 0.5) is 0 Å². The number of piperidine rings is 1. The average molecular weight is 245 g/mol. The second-order valence-corrected chi connectivity index (χ2v) is 5.84. The Bertz CT molecular complexity index is 455. The number of nitrogens with one attached hydrogen (secondary N) is 1. The lowest BCUT2D eigenvalue weighted by Gasteiger charge is -2.29. The van der Waals surface area contributed by atoms with Crippen molar-refractivity contribution in [3.63, 3.8) is 0 Å². The van der Waals surface area contributed by atoms with Crippen molar-refractivity contribution >= 4 is 16.9 Å². The first-order chi connectivity index (χ1) is 8.31. The third-order valence-electron chi connectivity index (χ3n) is 3.35. The molecule has 0 aromatic heterocycles. The Kier molecular flexibility index (Phi) is 2.93. The van der Waals surface area contributed by atoms with Crippen LogP contribution in [0.5, 0.6) is 0 Å². The van der Waals surface area contributed by atoms with E-state index in [1.165, 1.54) is 17.3 Å². The van der Waals surface area contributed by atoms with Crippen molar-refractivity contribution in [3.05, 3.63) is 47.7 Å². The second-order valence-electron chi connectivity index (χ2n) is 4.63. The lowest BCUT2D eigenvalue weighted by Crippen LogP contribution is -2.38. The molecule has 17 heavy (non-hydrogen) atoms. The minimum absolute atomic E-state index is 0.206. The minimum atomic E-state index is 0.206. The highest BCUT2D eigenvalue weighted by molar-refractivity contribution is 8.15. The van der Waals surface area contributed by atoms with E-state index in [1.807, 2.05) is 6.07 Å². The van der Waals surface area contributed by atoms with Crippen molar-refractivity contribution in [1.82, 2.24) is 5.32 Å². The summed E-state index contributed by atoms with van der Waals surface area (Å²) in [6.07, 6.45) is 5.08. The summed E-state index contributed by atoms with van der Waals surface area (Å²) in [7, 11) is 0. The molecule has 1 saturated heterocycles. The van der Waals surface area contributed by atoms with Crippen LogP contribution in [0.2, 0.25) is 0 Å². The molecule has 0 amide bonds. The van der Waals surface area contributed by atoms with Crippen LogP contribution >= 0.6 is 11.8 Å². The summed E-state index contributed by atoms with van der Waals surface area (Å²) >= 11 is 1.46. The van der Waals surface area contributed by atoms with E-state index in [0.717, 1.165) is 25.0 Å². The number of carbonyl (C=O) groups excluding carboxylic acids is 1. The van der Waals surface area contributed by atoms with Crippen LogP contribution in [-0.2, 0) is 11.2 Å². The van der Waals surface area contributed by atoms with Crippen molar-refractivity contribution in [2.75, 3.05) is 0 Å². The average Bonchev–Trinajstić information content (AvgIpc) is 2.70. The molecule has 2 aliphatic heterocycles. The zero-order valence-electron chi connectivity index (χ0n) is 9.56. The van der Waals surface area contributed by atoms with Crippen LogP contribution in [0, 0.1) is 0 Å². The molecule has 3 heteroatoms. The molecule has 2 unspecified atom stereocenters. The third kappa shape index (κ3) is 2.39. The van der Waals surface area contributed by atoms with E-state index in [2.05, 4.69) is 29.6 Å². The molecule has 2 heterocycles. The number of hydrogen-bond acceptors (Lipinski definition) is 3. The maximum Gasteiger partial charge on any atom is 0.214 e. The van der Waals surface area contributed by atoms with Crippen molar-refractivity contribution in [3.8, 4) is 0 Å². The van der Waals surface area contributed by atoms with Gasteiger partial charge in [-0.2, -0.15) is 0 Å². The Morgan fingerprint density at radius 3 is 2.88 bits per heavy atom. The first kappa shape index (κ1) is 10.9. The van der Waals surface area contributed by atoms with Gasteiger partial charge in [0.1, 0.15) is 0 Å². The molecular formula is C14H15NOS. The van der Waals surface area contributed by atoms with Gasteiger partial charge in [-0.15, -0.1) is 0 Å². The predicted molar refractivity (Wildman–Crippen MR) is 70.8 cm³/mol. The Balaban J connectivity index is 1.67. The van der Waals surface area contributed by atoms with E-state index in [-0.39, 0.29) is 5.12 Å². The fourth-order valence-electron chi connectivity index (χ4n) is 2.52. The SMILES string of the molecule is O=C1C=C2NC(Cc3ccccc3)CCC2S1. The molecule has 1 aromatic rings. The third-order valence-corrected chi connectivity index (χ3v) is 4.48. The first-order valence-corrected chi connectivity index (χ1v) is 6.92. The molecule has 1 fully saturated rings. The van der Waals surface area contributed by atoms with Gasteiger partial charge in [-0.25, -0.2) is 0 Å². The van der Waals surface area contributed by atoms with Crippen molar-refractivity contribution in [2.45, 2.75) is 30.6 Å². The van der Waals surface area contributed by atoms with Gasteiger partial charge < -0.3 is 5.32 Å². The number of thioether (sulfide) groups is 1. The molecule has 1 N–H and O–H groups in total. The van der Waals surface area contributed by atoms with Crippen LogP contribution in [0.25, 0.3) is 0 Å². The number of carbonyl (C=O) groups is 1. The van der Waals surface area contributed by atoms with E-state index in [9.17, 15) is 4.79 Å². The monoisotopic (exact) mass is 245 g/mol. The van der Waals surface area contributed by atoms with Crippen molar-refractivity contribution < 1.29 is 4.79 Å². The Labute approximate surface area is 105 Å². The number of benzene rings is 1. The summed E-state index contributed by atoms with van der Waals surface area (Å²) in [4.78, 5) is 11.3. The molecular weight excluding hydrogens is 230 g/mol. The summed E-state index contributed by atoms with van der Waals surface area (Å²) in [6, 6.07) is 11.0. The highest BCUT2D eigenvalue weighted by Crippen LogP contribution is 2.34. The topological polar surface area (TPSA) is 29.1 Å². The molecule has 0 radical (unpaired) electrons. The Hall–Kier alpha value is -1.22. The van der Waals surface area contributed by atoms with Gasteiger partial charge in [0.25, 0.3) is 0 Å². The standard InChI is InChI=1S/C14H15NOS/c16-14-9-12-13(17-14)7-6-11(15-12)8-10-4-2-1-3-5-10/h1-5,9,11,13,15H,6-8H2. The van der Waals surface area contributed by atoms with E-state index in [0.29, 0.717) is 11.3 Å². The normalized spacial score (nSPS) is 27.3. The fraction of sp³-hybridized carbons (Fsp3) is 0.357. The van der Waals surface area contributed by atoms with Crippen LogP contribution in [0.15, 0.2) is 42.1 Å². The van der Waals surface area contributed by atoms with Gasteiger partial charge >= 0.3 is 0 Å². The molecule has 3 rings (SSSR count). The molecule has 0 spiro atoms. The Morgan fingerprint density at radius 2 is 2.06 bits per heavy atom. The van der Waals surface area contributed by atoms with Crippen LogP contribution in [0.1, 0.15) is 18.4 Å². The lowest BCUT2D eigenvalue weighted by atomic mass is 9.96. The van der Waals surface area contributed by atoms with Gasteiger partial charge in [0.2, 0.25) is 5.12 Å². The van der Waals surface area contributed by atoms with Crippen molar-refractivity contribution in [2.24, 2.45) is 0 Å². The highest BCUT2D eigenvalue weighted by atomic mass is 32.2. The van der Waals surface area contributed by atoms with E-state index < -0.39 is 0 Å². The molecule has 88 valence electrons. The number of rotatable bonds is 2. The molecule has 1 aromatic carbocycles. The van der Waals surface area contributed by atoms with Gasteiger partial charge in [0.05, 0.1) is 5.25 Å². The van der Waals surface area contributed by atoms with Gasteiger partial charge in [-0.3, -0.25) is 4.79 Å². The maximum atomic E-state index is 11.3. The van der Waals surface area contributed by atoms with Gasteiger partial charge in [0.15, 0.2) is 0 Å². The fourth-order valence-corrected chi connectivity index (χ4v) is 3.51. The van der Waals surface area contributed by atoms with E-state index >= 15 is 0 Å². The zero-order chi connectivity index (χ0) is 11.7. The number of fused-ring (bicyclic) bond motifs is 1. The van der Waals surface area contributed by atoms with Gasteiger partial charge in [-0.05, 0) is 24.8 Å². The lowest BCUT2D eigenvalue weighted by molar-refractivity contribution is -0.106. The summed E-state index contributed by atoms with van der Waals surface area (Å²) in [6.45, 7) is 0. The van der Waals surface area contributed by atoms with Crippen molar-refractivity contribution in [1.29, 1.82) is 0 Å². The summed E-state index contributed by atoms with van der Waals surface area (Å²) in [5, 5.41) is 4.12. The van der Waals surface area contributed by atoms with Crippen LogP contribution < -0.4 is 5.32 Å². The first-order valence-electron chi connectivity index (χ1n) is 6.04. The molecule has 0 saturated carbocycles. The minimum Gasteiger partial charge on any atom is -0.384 e. The van der Waals surface area contributed by atoms with Crippen LogP contribution in [-0.4, -0.2) is 16.4 Å². The molecule has 2 nitrogen and oxygen atoms in total. The van der Waals surface area contributed by atoms with E-state index in [1.54, 1.807) is 6.08 Å². The highest BCUT2D eigenvalue weighted by Gasteiger charge is 2.31. The van der Waals surface area contributed by atoms with E-state index in [4.69, 9.17) is 0 Å². The second kappa shape index (κ2) is 4.57. The molecule has 0 bridgehead atoms. The summed E-state index contributed by atoms with van der Waals surface area (Å²) < 4.78 is 0. The van der Waals surface area contributed by atoms with Gasteiger partial charge in [0, 0.05) is 17.8 Å². The largest absolute Gasteiger partial charge is 0.384 e. The summed E-state index contributed by atoms with van der Waals surface area (Å²) in [5.41, 5.74) is 2.51. The van der Waals surface area contributed by atoms with Gasteiger partial charge in [-0.1, -0.05) is 42.1 Å². The van der Waals surface area contributed by atoms with Crippen LogP contribution in [0.3, 0.4) is 0 Å². The molecule has 2 atom stereocenters. The molecule has 0 aliphatic carbocycles. The zero-order valence-corrected chi connectivity index (χ0v) is 10.4. The smallest absolute Gasteiger partial charge is 0.214 e. The predicted octanol–water partition coefficient (Wildman–Crippen LogP) is 2.51.